The van der Waals surface area contributed by atoms with Gasteiger partial charge in [-0.25, -0.2) is 9.59 Å². The number of hydrogen-bond donors (Lipinski definition) is 2. The largest absolute Gasteiger partial charge is 0.478 e. The third-order valence-corrected chi connectivity index (χ3v) is 2.85. The molecule has 6 nitrogen and oxygen atoms in total. The molecule has 0 saturated heterocycles. The van der Waals surface area contributed by atoms with Crippen molar-refractivity contribution in [3.63, 3.8) is 0 Å². The van der Waals surface area contributed by atoms with E-state index in [-0.39, 0.29) is 5.56 Å². The van der Waals surface area contributed by atoms with Gasteiger partial charge in [0.2, 0.25) is 0 Å². The number of ether oxygens (including phenoxy) is 1. The molecule has 0 spiro atoms. The Morgan fingerprint density at radius 1 is 1.40 bits per heavy atom. The predicted molar refractivity (Wildman–Crippen MR) is 72.9 cm³/mol. The van der Waals surface area contributed by atoms with E-state index in [0.717, 1.165) is 5.01 Å². The Kier molecular flexibility index (Phi) is 3.95. The van der Waals surface area contributed by atoms with Crippen molar-refractivity contribution in [3.8, 4) is 0 Å². The summed E-state index contributed by atoms with van der Waals surface area (Å²) in [5, 5.41) is 10.7. The maximum Gasteiger partial charge on any atom is 0.432 e. The minimum atomic E-state index is -1.08. The molecule has 0 aromatic heterocycles. The van der Waals surface area contributed by atoms with E-state index in [1.165, 1.54) is 31.5 Å². The second-order valence-corrected chi connectivity index (χ2v) is 4.31. The Bertz CT molecular complexity index is 625. The van der Waals surface area contributed by atoms with Gasteiger partial charge in [-0.2, -0.15) is 5.01 Å². The first-order chi connectivity index (χ1) is 9.52. The highest BCUT2D eigenvalue weighted by molar-refractivity contribution is 6.30. The van der Waals surface area contributed by atoms with Gasteiger partial charge in [0.05, 0.1) is 18.4 Å². The molecule has 1 heterocycles. The highest BCUT2D eigenvalue weighted by Gasteiger charge is 2.19. The van der Waals surface area contributed by atoms with Gasteiger partial charge >= 0.3 is 12.1 Å². The summed E-state index contributed by atoms with van der Waals surface area (Å²) in [4.78, 5) is 22.7. The Morgan fingerprint density at radius 3 is 2.80 bits per heavy atom. The number of carboxylic acid groups (broad SMARTS) is 1. The maximum absolute atomic E-state index is 11.4. The Balaban J connectivity index is 2.39. The van der Waals surface area contributed by atoms with Gasteiger partial charge in [0.15, 0.2) is 0 Å². The van der Waals surface area contributed by atoms with Crippen LogP contribution in [0.4, 0.5) is 4.79 Å². The molecule has 0 aliphatic carbocycles. The summed E-state index contributed by atoms with van der Waals surface area (Å²) in [6.07, 6.45) is 4.07. The summed E-state index contributed by atoms with van der Waals surface area (Å²) in [6.45, 7) is 0. The number of carbonyl (C=O) groups excluding carboxylic acids is 1. The molecule has 7 heteroatoms. The zero-order valence-electron chi connectivity index (χ0n) is 10.5. The SMILES string of the molecule is COC(=O)N1C=CC=C(c2cc(Cl)ccc2C(=O)O)N1. The van der Waals surface area contributed by atoms with Gasteiger partial charge in [-0.05, 0) is 30.4 Å². The van der Waals surface area contributed by atoms with E-state index in [0.29, 0.717) is 16.3 Å². The monoisotopic (exact) mass is 294 g/mol. The number of methoxy groups -OCH3 is 1. The number of hydrogen-bond acceptors (Lipinski definition) is 4. The molecule has 0 saturated carbocycles. The number of rotatable bonds is 2. The van der Waals surface area contributed by atoms with Crippen molar-refractivity contribution < 1.29 is 19.4 Å². The third kappa shape index (κ3) is 2.75. The molecule has 0 atom stereocenters. The van der Waals surface area contributed by atoms with Crippen molar-refractivity contribution in [2.24, 2.45) is 0 Å². The highest BCUT2D eigenvalue weighted by Crippen LogP contribution is 2.24. The third-order valence-electron chi connectivity index (χ3n) is 2.61. The van der Waals surface area contributed by atoms with Crippen molar-refractivity contribution in [3.05, 3.63) is 52.7 Å². The van der Waals surface area contributed by atoms with Crippen LogP contribution < -0.4 is 5.43 Å². The number of benzene rings is 1. The van der Waals surface area contributed by atoms with E-state index in [1.54, 1.807) is 12.2 Å². The van der Waals surface area contributed by atoms with Gasteiger partial charge in [-0.15, -0.1) is 0 Å². The smallest absolute Gasteiger partial charge is 0.432 e. The van der Waals surface area contributed by atoms with Crippen molar-refractivity contribution in [2.75, 3.05) is 7.11 Å². The number of carboxylic acids is 1. The first kappa shape index (κ1) is 14.0. The number of allylic oxidation sites excluding steroid dienone is 2. The summed E-state index contributed by atoms with van der Waals surface area (Å²) in [5.41, 5.74) is 3.64. The summed E-state index contributed by atoms with van der Waals surface area (Å²) in [5.74, 6) is -1.08. The van der Waals surface area contributed by atoms with Gasteiger partial charge in [0.1, 0.15) is 0 Å². The van der Waals surface area contributed by atoms with E-state index in [4.69, 9.17) is 11.6 Å². The number of nitrogens with zero attached hydrogens (tertiary/aromatic N) is 1. The lowest BCUT2D eigenvalue weighted by molar-refractivity contribution is 0.0696. The number of hydrazine groups is 1. The second-order valence-electron chi connectivity index (χ2n) is 3.87. The average Bonchev–Trinajstić information content (AvgIpc) is 2.46. The molecule has 1 aliphatic heterocycles. The van der Waals surface area contributed by atoms with E-state index >= 15 is 0 Å². The van der Waals surface area contributed by atoms with Gasteiger partial charge in [-0.3, -0.25) is 5.43 Å². The highest BCUT2D eigenvalue weighted by atomic mass is 35.5. The molecular weight excluding hydrogens is 284 g/mol. The molecule has 0 unspecified atom stereocenters. The van der Waals surface area contributed by atoms with Crippen LogP contribution in [0.1, 0.15) is 15.9 Å². The van der Waals surface area contributed by atoms with Crippen molar-refractivity contribution >= 4 is 29.4 Å². The molecule has 1 aliphatic rings. The fraction of sp³-hybridized carbons (Fsp3) is 0.0769. The first-order valence-corrected chi connectivity index (χ1v) is 5.96. The molecule has 2 rings (SSSR count). The van der Waals surface area contributed by atoms with Crippen LogP contribution in [0.3, 0.4) is 0 Å². The summed E-state index contributed by atoms with van der Waals surface area (Å²) < 4.78 is 4.58. The normalized spacial score (nSPS) is 13.5. The molecule has 104 valence electrons. The number of aromatic carboxylic acids is 1. The van der Waals surface area contributed by atoms with Gasteiger partial charge in [0, 0.05) is 16.8 Å². The second kappa shape index (κ2) is 5.66. The van der Waals surface area contributed by atoms with Crippen LogP contribution in [-0.4, -0.2) is 29.3 Å². The molecule has 1 aromatic carbocycles. The zero-order valence-corrected chi connectivity index (χ0v) is 11.2. The fourth-order valence-corrected chi connectivity index (χ4v) is 1.88. The van der Waals surface area contributed by atoms with Crippen LogP contribution in [-0.2, 0) is 4.74 Å². The first-order valence-electron chi connectivity index (χ1n) is 5.58. The molecule has 0 bridgehead atoms. The van der Waals surface area contributed by atoms with Gasteiger partial charge < -0.3 is 9.84 Å². The molecule has 20 heavy (non-hydrogen) atoms. The van der Waals surface area contributed by atoms with Crippen LogP contribution in [0, 0.1) is 0 Å². The lowest BCUT2D eigenvalue weighted by Gasteiger charge is -2.24. The van der Waals surface area contributed by atoms with E-state index in [2.05, 4.69) is 10.2 Å². The Morgan fingerprint density at radius 2 is 2.15 bits per heavy atom. The lowest BCUT2D eigenvalue weighted by atomic mass is 10.0. The molecule has 0 radical (unpaired) electrons. The van der Waals surface area contributed by atoms with Crippen LogP contribution in [0.2, 0.25) is 5.02 Å². The van der Waals surface area contributed by atoms with Crippen LogP contribution in [0.5, 0.6) is 0 Å². The Hall–Kier alpha value is -2.47. The zero-order chi connectivity index (χ0) is 14.7. The topological polar surface area (TPSA) is 78.9 Å². The number of halogens is 1. The minimum absolute atomic E-state index is 0.0771. The molecule has 2 N–H and O–H groups in total. The minimum Gasteiger partial charge on any atom is -0.478 e. The average molecular weight is 295 g/mol. The van der Waals surface area contributed by atoms with E-state index in [9.17, 15) is 14.7 Å². The van der Waals surface area contributed by atoms with Gasteiger partial charge in [0.25, 0.3) is 0 Å². The summed E-state index contributed by atoms with van der Waals surface area (Å²) >= 11 is 5.90. The van der Waals surface area contributed by atoms with E-state index in [1.807, 2.05) is 0 Å². The standard InChI is InChI=1S/C13H11ClN2O4/c1-20-13(19)16-6-2-3-11(15-16)10-7-8(14)4-5-9(10)12(17)18/h2-7,15H,1H3,(H,17,18). The number of amides is 1. The number of carbonyl (C=O) groups is 2. The van der Waals surface area contributed by atoms with Gasteiger partial charge in [-0.1, -0.05) is 11.6 Å². The molecule has 0 fully saturated rings. The van der Waals surface area contributed by atoms with E-state index < -0.39 is 12.1 Å². The van der Waals surface area contributed by atoms with Crippen LogP contribution >= 0.6 is 11.6 Å². The predicted octanol–water partition coefficient (Wildman–Crippen LogP) is 2.48. The van der Waals surface area contributed by atoms with Crippen molar-refractivity contribution in [2.45, 2.75) is 0 Å². The molecule has 1 amide bonds. The summed E-state index contributed by atoms with van der Waals surface area (Å²) in [7, 11) is 1.25. The number of nitrogens with one attached hydrogen (secondary N) is 1. The quantitative estimate of drug-likeness (QED) is 0.876. The lowest BCUT2D eigenvalue weighted by Crippen LogP contribution is -2.39. The van der Waals surface area contributed by atoms with Crippen molar-refractivity contribution in [1.82, 2.24) is 10.4 Å². The Labute approximate surface area is 119 Å². The van der Waals surface area contributed by atoms with Crippen LogP contribution in [0.15, 0.2) is 36.6 Å². The van der Waals surface area contributed by atoms with Crippen molar-refractivity contribution in [1.29, 1.82) is 0 Å². The fourth-order valence-electron chi connectivity index (χ4n) is 1.71. The van der Waals surface area contributed by atoms with Crippen LogP contribution in [0.25, 0.3) is 5.70 Å². The molecule has 1 aromatic rings. The maximum atomic E-state index is 11.4. The molecular formula is C13H11ClN2O4. The summed E-state index contributed by atoms with van der Waals surface area (Å²) in [6, 6.07) is 4.41.